The zero-order chi connectivity index (χ0) is 13.1. The molecule has 0 aliphatic heterocycles. The van der Waals surface area contributed by atoms with Crippen LogP contribution in [0.15, 0.2) is 30.3 Å². The lowest BCUT2D eigenvalue weighted by molar-refractivity contribution is 1.02. The number of hydrogen-bond acceptors (Lipinski definition) is 5. The minimum atomic E-state index is 0.443. The monoisotopic (exact) mass is 239 g/mol. The highest BCUT2D eigenvalue weighted by Crippen LogP contribution is 2.22. The van der Waals surface area contributed by atoms with E-state index in [-0.39, 0.29) is 0 Å². The molecule has 18 heavy (non-hydrogen) atoms. The molecule has 0 aliphatic rings. The molecule has 0 spiro atoms. The van der Waals surface area contributed by atoms with Crippen molar-refractivity contribution in [2.45, 2.75) is 6.92 Å². The number of rotatable bonds is 2. The van der Waals surface area contributed by atoms with Crippen LogP contribution in [0.2, 0.25) is 0 Å². The number of benzene rings is 1. The van der Waals surface area contributed by atoms with Gasteiger partial charge in [-0.25, -0.2) is 9.97 Å². The zero-order valence-corrected chi connectivity index (χ0v) is 10.3. The van der Waals surface area contributed by atoms with E-state index in [0.717, 1.165) is 11.5 Å². The summed E-state index contributed by atoms with van der Waals surface area (Å²) in [5, 5.41) is 8.76. The van der Waals surface area contributed by atoms with Crippen LogP contribution in [0.5, 0.6) is 0 Å². The number of hydrogen-bond donors (Lipinski definition) is 1. The third-order valence-corrected chi connectivity index (χ3v) is 2.57. The van der Waals surface area contributed by atoms with Crippen LogP contribution in [-0.4, -0.2) is 17.0 Å². The van der Waals surface area contributed by atoms with E-state index >= 15 is 0 Å². The summed E-state index contributed by atoms with van der Waals surface area (Å²) in [6, 6.07) is 11.1. The summed E-state index contributed by atoms with van der Waals surface area (Å²) in [6.07, 6.45) is 0. The number of nitriles is 1. The second-order valence-corrected chi connectivity index (χ2v) is 3.92. The maximum absolute atomic E-state index is 8.76. The fourth-order valence-electron chi connectivity index (χ4n) is 1.64. The van der Waals surface area contributed by atoms with Gasteiger partial charge in [0.1, 0.15) is 17.5 Å². The molecule has 0 unspecified atom stereocenters. The molecular weight excluding hydrogens is 226 g/mol. The van der Waals surface area contributed by atoms with Crippen molar-refractivity contribution in [2.75, 3.05) is 17.7 Å². The van der Waals surface area contributed by atoms with Crippen molar-refractivity contribution >= 4 is 17.3 Å². The summed E-state index contributed by atoms with van der Waals surface area (Å²) in [6.45, 7) is 1.80. The normalized spacial score (nSPS) is 9.83. The molecule has 0 amide bonds. The quantitative estimate of drug-likeness (QED) is 0.867. The number of aryl methyl sites for hydroxylation is 1. The lowest BCUT2D eigenvalue weighted by Crippen LogP contribution is -2.13. The molecule has 0 saturated heterocycles. The molecule has 5 nitrogen and oxygen atoms in total. The summed E-state index contributed by atoms with van der Waals surface area (Å²) in [4.78, 5) is 10.3. The fraction of sp³-hybridized carbons (Fsp3) is 0.154. The van der Waals surface area contributed by atoms with Crippen molar-refractivity contribution in [3.05, 3.63) is 41.7 Å². The first-order chi connectivity index (χ1) is 8.60. The van der Waals surface area contributed by atoms with E-state index in [1.807, 2.05) is 24.1 Å². The van der Waals surface area contributed by atoms with E-state index < -0.39 is 0 Å². The highest BCUT2D eigenvalue weighted by atomic mass is 15.2. The van der Waals surface area contributed by atoms with E-state index in [1.54, 1.807) is 25.1 Å². The number of nitrogen functional groups attached to an aromatic ring is 1. The molecule has 2 aromatic rings. The number of anilines is 3. The lowest BCUT2D eigenvalue weighted by atomic mass is 10.2. The summed E-state index contributed by atoms with van der Waals surface area (Å²) in [7, 11) is 1.89. The number of aromatic nitrogens is 2. The van der Waals surface area contributed by atoms with Crippen molar-refractivity contribution < 1.29 is 0 Å². The number of nitrogens with two attached hydrogens (primary N) is 1. The first kappa shape index (κ1) is 11.9. The topological polar surface area (TPSA) is 78.8 Å². The molecule has 5 heteroatoms. The van der Waals surface area contributed by atoms with Crippen LogP contribution in [-0.2, 0) is 0 Å². The Kier molecular flexibility index (Phi) is 3.11. The van der Waals surface area contributed by atoms with Crippen LogP contribution in [0.3, 0.4) is 0 Å². The van der Waals surface area contributed by atoms with Gasteiger partial charge in [0.25, 0.3) is 0 Å². The van der Waals surface area contributed by atoms with E-state index in [1.165, 1.54) is 0 Å². The third kappa shape index (κ3) is 2.38. The lowest BCUT2D eigenvalue weighted by Gasteiger charge is -2.18. The first-order valence-electron chi connectivity index (χ1n) is 5.45. The van der Waals surface area contributed by atoms with Crippen molar-refractivity contribution in [2.24, 2.45) is 0 Å². The van der Waals surface area contributed by atoms with Gasteiger partial charge in [0.15, 0.2) is 0 Å². The van der Waals surface area contributed by atoms with Crippen molar-refractivity contribution in [3.8, 4) is 6.07 Å². The maximum atomic E-state index is 8.76. The fourth-order valence-corrected chi connectivity index (χ4v) is 1.64. The molecule has 2 N–H and O–H groups in total. The summed E-state index contributed by atoms with van der Waals surface area (Å²) < 4.78 is 0. The Morgan fingerprint density at radius 2 is 1.89 bits per heavy atom. The molecule has 1 aromatic carbocycles. The third-order valence-electron chi connectivity index (χ3n) is 2.57. The smallest absolute Gasteiger partial charge is 0.138 e. The van der Waals surface area contributed by atoms with Crippen molar-refractivity contribution in [3.63, 3.8) is 0 Å². The molecule has 0 fully saturated rings. The second-order valence-electron chi connectivity index (χ2n) is 3.92. The molecule has 0 radical (unpaired) electrons. The second kappa shape index (κ2) is 4.72. The molecule has 90 valence electrons. The number of nitrogens with zero attached hydrogens (tertiary/aromatic N) is 4. The Morgan fingerprint density at radius 3 is 2.44 bits per heavy atom. The minimum absolute atomic E-state index is 0.443. The van der Waals surface area contributed by atoms with Gasteiger partial charge in [0, 0.05) is 18.8 Å². The van der Waals surface area contributed by atoms with Crippen molar-refractivity contribution in [1.82, 2.24) is 9.97 Å². The predicted molar refractivity (Wildman–Crippen MR) is 70.4 cm³/mol. The highest BCUT2D eigenvalue weighted by Gasteiger charge is 2.07. The molecule has 1 aromatic heterocycles. The molecular formula is C13H13N5. The SMILES string of the molecule is Cc1nc(N)cc(N(C)c2ccc(C#N)cc2)n1. The van der Waals surface area contributed by atoms with Gasteiger partial charge in [-0.2, -0.15) is 5.26 Å². The Morgan fingerprint density at radius 1 is 1.22 bits per heavy atom. The van der Waals surface area contributed by atoms with E-state index in [0.29, 0.717) is 17.2 Å². The van der Waals surface area contributed by atoms with Gasteiger partial charge in [-0.15, -0.1) is 0 Å². The minimum Gasteiger partial charge on any atom is -0.384 e. The average Bonchev–Trinajstić information content (AvgIpc) is 2.37. The molecule has 0 aliphatic carbocycles. The van der Waals surface area contributed by atoms with Gasteiger partial charge >= 0.3 is 0 Å². The summed E-state index contributed by atoms with van der Waals surface area (Å²) >= 11 is 0. The van der Waals surface area contributed by atoms with E-state index in [4.69, 9.17) is 11.0 Å². The Bertz CT molecular complexity index is 578. The van der Waals surface area contributed by atoms with Crippen LogP contribution in [0.1, 0.15) is 11.4 Å². The molecule has 0 bridgehead atoms. The Balaban J connectivity index is 2.35. The van der Waals surface area contributed by atoms with Crippen LogP contribution >= 0.6 is 0 Å². The largest absolute Gasteiger partial charge is 0.384 e. The van der Waals surface area contributed by atoms with Crippen LogP contribution < -0.4 is 10.6 Å². The molecule has 2 rings (SSSR count). The van der Waals surface area contributed by atoms with Crippen LogP contribution in [0.25, 0.3) is 0 Å². The standard InChI is InChI=1S/C13H13N5/c1-9-16-12(15)7-13(17-9)18(2)11-5-3-10(8-14)4-6-11/h3-7H,1-2H3,(H2,15,16,17). The zero-order valence-electron chi connectivity index (χ0n) is 10.3. The van der Waals surface area contributed by atoms with Gasteiger partial charge in [-0.3, -0.25) is 0 Å². The van der Waals surface area contributed by atoms with Crippen molar-refractivity contribution in [1.29, 1.82) is 5.26 Å². The average molecular weight is 239 g/mol. The van der Waals surface area contributed by atoms with E-state index in [2.05, 4.69) is 16.0 Å². The molecule has 0 saturated carbocycles. The van der Waals surface area contributed by atoms with Gasteiger partial charge in [-0.1, -0.05) is 0 Å². The molecule has 1 heterocycles. The van der Waals surface area contributed by atoms with Gasteiger partial charge < -0.3 is 10.6 Å². The molecule has 0 atom stereocenters. The highest BCUT2D eigenvalue weighted by molar-refractivity contribution is 5.61. The van der Waals surface area contributed by atoms with E-state index in [9.17, 15) is 0 Å². The van der Waals surface area contributed by atoms with Gasteiger partial charge in [0.2, 0.25) is 0 Å². The summed E-state index contributed by atoms with van der Waals surface area (Å²) in [5.74, 6) is 1.80. The van der Waals surface area contributed by atoms with Crippen LogP contribution in [0.4, 0.5) is 17.3 Å². The summed E-state index contributed by atoms with van der Waals surface area (Å²) in [5.41, 5.74) is 7.27. The van der Waals surface area contributed by atoms with Crippen LogP contribution in [0, 0.1) is 18.3 Å². The van der Waals surface area contributed by atoms with Gasteiger partial charge in [0.05, 0.1) is 11.6 Å². The first-order valence-corrected chi connectivity index (χ1v) is 5.45. The maximum Gasteiger partial charge on any atom is 0.138 e. The Labute approximate surface area is 106 Å². The Hall–Kier alpha value is -2.61. The van der Waals surface area contributed by atoms with Gasteiger partial charge in [-0.05, 0) is 31.2 Å². The predicted octanol–water partition coefficient (Wildman–Crippen LogP) is 2.01.